The van der Waals surface area contributed by atoms with Gasteiger partial charge in [-0.15, -0.1) is 6.58 Å². The van der Waals surface area contributed by atoms with Crippen molar-refractivity contribution in [3.63, 3.8) is 0 Å². The predicted octanol–water partition coefficient (Wildman–Crippen LogP) is 6.04. The molecule has 1 aliphatic carbocycles. The van der Waals surface area contributed by atoms with Crippen LogP contribution in [0, 0.1) is 35.0 Å². The van der Waals surface area contributed by atoms with Gasteiger partial charge in [0.05, 0.1) is 0 Å². The molecule has 2 N–H and O–H groups in total. The number of rotatable bonds is 7. The molecule has 0 spiro atoms. The summed E-state index contributed by atoms with van der Waals surface area (Å²) in [6, 6.07) is 0.381. The van der Waals surface area contributed by atoms with Crippen molar-refractivity contribution >= 4 is 0 Å². The Bertz CT molecular complexity index is 337. The lowest BCUT2D eigenvalue weighted by molar-refractivity contribution is -0.00804. The van der Waals surface area contributed by atoms with Gasteiger partial charge in [-0.2, -0.15) is 0 Å². The molecule has 0 amide bonds. The molecule has 6 unspecified atom stereocenters. The molecule has 1 rings (SSSR count). The lowest BCUT2D eigenvalue weighted by Crippen LogP contribution is -2.43. The van der Waals surface area contributed by atoms with E-state index in [9.17, 15) is 0 Å². The fraction of sp³-hybridized carbons (Fsp3) is 0.905. The average Bonchev–Trinajstić information content (AvgIpc) is 2.55. The van der Waals surface area contributed by atoms with Gasteiger partial charge in [0, 0.05) is 6.04 Å². The maximum Gasteiger partial charge on any atom is 0.00674 e. The minimum atomic E-state index is 0.381. The quantitative estimate of drug-likeness (QED) is 0.450. The molecule has 0 bridgehead atoms. The van der Waals surface area contributed by atoms with E-state index in [0.717, 1.165) is 30.1 Å². The molecule has 1 heteroatoms. The zero-order chi connectivity index (χ0) is 16.9. The molecular weight excluding hydrogens is 266 g/mol. The maximum absolute atomic E-state index is 6.52. The van der Waals surface area contributed by atoms with Crippen LogP contribution < -0.4 is 5.73 Å². The number of allylic oxidation sites excluding steroid dienone is 1. The zero-order valence-corrected chi connectivity index (χ0v) is 16.1. The van der Waals surface area contributed by atoms with Gasteiger partial charge < -0.3 is 5.73 Å². The van der Waals surface area contributed by atoms with E-state index in [2.05, 4.69) is 54.2 Å². The summed E-state index contributed by atoms with van der Waals surface area (Å²) in [5.41, 5.74) is 6.93. The fourth-order valence-corrected chi connectivity index (χ4v) is 5.42. The van der Waals surface area contributed by atoms with Crippen molar-refractivity contribution in [3.05, 3.63) is 12.7 Å². The molecule has 0 saturated heterocycles. The highest BCUT2D eigenvalue weighted by molar-refractivity contribution is 4.99. The Morgan fingerprint density at radius 3 is 2.41 bits per heavy atom. The molecule has 0 aliphatic heterocycles. The lowest BCUT2D eigenvalue weighted by atomic mass is 9.55. The van der Waals surface area contributed by atoms with Crippen molar-refractivity contribution in [2.24, 2.45) is 40.7 Å². The maximum atomic E-state index is 6.52. The Kier molecular flexibility index (Phi) is 7.65. The van der Waals surface area contributed by atoms with E-state index in [1.165, 1.54) is 32.1 Å². The Balaban J connectivity index is 3.21. The minimum Gasteiger partial charge on any atom is -0.327 e. The van der Waals surface area contributed by atoms with Crippen LogP contribution in [0.4, 0.5) is 0 Å². The molecule has 22 heavy (non-hydrogen) atoms. The predicted molar refractivity (Wildman–Crippen MR) is 99.8 cm³/mol. The van der Waals surface area contributed by atoms with Gasteiger partial charge in [-0.25, -0.2) is 0 Å². The van der Waals surface area contributed by atoms with Crippen LogP contribution in [-0.2, 0) is 0 Å². The summed E-state index contributed by atoms with van der Waals surface area (Å²) < 4.78 is 0. The first-order valence-corrected chi connectivity index (χ1v) is 9.69. The van der Waals surface area contributed by atoms with Crippen LogP contribution in [0.2, 0.25) is 0 Å². The topological polar surface area (TPSA) is 26.0 Å². The van der Waals surface area contributed by atoms with Gasteiger partial charge in [-0.05, 0) is 60.7 Å². The molecule has 1 fully saturated rings. The average molecular weight is 308 g/mol. The Morgan fingerprint density at radius 1 is 1.27 bits per heavy atom. The van der Waals surface area contributed by atoms with Crippen LogP contribution in [0.5, 0.6) is 0 Å². The fourth-order valence-electron chi connectivity index (χ4n) is 5.42. The van der Waals surface area contributed by atoms with Gasteiger partial charge in [-0.3, -0.25) is 0 Å². The van der Waals surface area contributed by atoms with Crippen LogP contribution in [0.15, 0.2) is 12.7 Å². The highest BCUT2D eigenvalue weighted by Gasteiger charge is 2.48. The van der Waals surface area contributed by atoms with E-state index in [1.54, 1.807) is 0 Å². The van der Waals surface area contributed by atoms with Gasteiger partial charge >= 0.3 is 0 Å². The van der Waals surface area contributed by atoms with Crippen molar-refractivity contribution in [3.8, 4) is 0 Å². The summed E-state index contributed by atoms with van der Waals surface area (Å²) in [6.45, 7) is 18.6. The van der Waals surface area contributed by atoms with E-state index in [1.807, 2.05) is 0 Å². The third kappa shape index (κ3) is 3.96. The first-order chi connectivity index (χ1) is 10.3. The lowest BCUT2D eigenvalue weighted by Gasteiger charge is -2.50. The van der Waals surface area contributed by atoms with Crippen molar-refractivity contribution in [2.75, 3.05) is 0 Å². The Labute approximate surface area is 140 Å². The van der Waals surface area contributed by atoms with E-state index in [-0.39, 0.29) is 0 Å². The second-order valence-electron chi connectivity index (χ2n) is 8.38. The molecule has 0 heterocycles. The van der Waals surface area contributed by atoms with E-state index >= 15 is 0 Å². The standard InChI is InChI=1S/C21H41N/c1-8-11-15(4)19(12-9-2)21(7)17(6)13-16(5)20(22)14-18(21)10-3/h8,15-20H,1,9-14,22H2,2-7H3/t15?,16?,17?,18-,19?,20?,21?/m1/s1. The second kappa shape index (κ2) is 8.52. The minimum absolute atomic E-state index is 0.381. The zero-order valence-electron chi connectivity index (χ0n) is 16.1. The molecule has 0 aromatic rings. The van der Waals surface area contributed by atoms with E-state index in [0.29, 0.717) is 17.4 Å². The van der Waals surface area contributed by atoms with Crippen molar-refractivity contribution < 1.29 is 0 Å². The normalized spacial score (nSPS) is 39.0. The largest absolute Gasteiger partial charge is 0.327 e. The van der Waals surface area contributed by atoms with Crippen LogP contribution in [-0.4, -0.2) is 6.04 Å². The third-order valence-electron chi connectivity index (χ3n) is 7.07. The Hall–Kier alpha value is -0.300. The molecule has 0 radical (unpaired) electrons. The van der Waals surface area contributed by atoms with Crippen LogP contribution in [0.1, 0.15) is 80.1 Å². The van der Waals surface area contributed by atoms with Gasteiger partial charge in [0.15, 0.2) is 0 Å². The first-order valence-electron chi connectivity index (χ1n) is 9.69. The monoisotopic (exact) mass is 307 g/mol. The highest BCUT2D eigenvalue weighted by Crippen LogP contribution is 2.54. The number of nitrogens with two attached hydrogens (primary N) is 1. The number of hydrogen-bond donors (Lipinski definition) is 1. The summed E-state index contributed by atoms with van der Waals surface area (Å²) in [7, 11) is 0. The van der Waals surface area contributed by atoms with E-state index < -0.39 is 0 Å². The molecule has 0 aromatic carbocycles. The smallest absolute Gasteiger partial charge is 0.00674 e. The van der Waals surface area contributed by atoms with E-state index in [4.69, 9.17) is 5.73 Å². The van der Waals surface area contributed by atoms with Gasteiger partial charge in [0.2, 0.25) is 0 Å². The molecule has 0 aromatic heterocycles. The second-order valence-corrected chi connectivity index (χ2v) is 8.38. The van der Waals surface area contributed by atoms with Crippen LogP contribution in [0.25, 0.3) is 0 Å². The number of hydrogen-bond acceptors (Lipinski definition) is 1. The molecule has 1 saturated carbocycles. The molecule has 1 aliphatic rings. The van der Waals surface area contributed by atoms with Crippen molar-refractivity contribution in [1.82, 2.24) is 0 Å². The summed E-state index contributed by atoms with van der Waals surface area (Å²) in [4.78, 5) is 0. The molecule has 130 valence electrons. The highest BCUT2D eigenvalue weighted by atomic mass is 14.7. The summed E-state index contributed by atoms with van der Waals surface area (Å²) in [6.07, 6.45) is 9.65. The third-order valence-corrected chi connectivity index (χ3v) is 7.07. The summed E-state index contributed by atoms with van der Waals surface area (Å²) >= 11 is 0. The molecule has 1 nitrogen and oxygen atoms in total. The van der Waals surface area contributed by atoms with Gasteiger partial charge in [0.1, 0.15) is 0 Å². The summed E-state index contributed by atoms with van der Waals surface area (Å²) in [5.74, 6) is 3.68. The van der Waals surface area contributed by atoms with Gasteiger partial charge in [-0.1, -0.05) is 60.5 Å². The molecule has 7 atom stereocenters. The van der Waals surface area contributed by atoms with Gasteiger partial charge in [0.25, 0.3) is 0 Å². The Morgan fingerprint density at radius 2 is 1.91 bits per heavy atom. The SMILES string of the molecule is C=CCC(C)C(CCC)C1(C)C(C)CC(C)C(N)C[C@H]1CC. The summed E-state index contributed by atoms with van der Waals surface area (Å²) in [5, 5.41) is 0. The first kappa shape index (κ1) is 19.7. The molecular formula is C21H41N. The van der Waals surface area contributed by atoms with Crippen molar-refractivity contribution in [1.29, 1.82) is 0 Å². The van der Waals surface area contributed by atoms with Crippen LogP contribution in [0.3, 0.4) is 0 Å². The van der Waals surface area contributed by atoms with Crippen molar-refractivity contribution in [2.45, 2.75) is 86.1 Å². The van der Waals surface area contributed by atoms with Crippen LogP contribution >= 0.6 is 0 Å².